The molecule has 0 spiro atoms. The van der Waals surface area contributed by atoms with Crippen LogP contribution in [0.5, 0.6) is 5.75 Å². The average molecular weight is 501 g/mol. The summed E-state index contributed by atoms with van der Waals surface area (Å²) in [6.07, 6.45) is 7.21. The summed E-state index contributed by atoms with van der Waals surface area (Å²) in [7, 11) is 1.89. The SMILES string of the molecule is Cn1cc(-c2ccc(N)c(N(N)Cc3cccc(-c4ncc(OCCN5CCOCC5)cn4)c3)c2)cn1. The lowest BCUT2D eigenvalue weighted by molar-refractivity contribution is 0.0322. The van der Waals surface area contributed by atoms with Gasteiger partial charge in [0.15, 0.2) is 11.6 Å². The van der Waals surface area contributed by atoms with Gasteiger partial charge in [0.1, 0.15) is 6.61 Å². The smallest absolute Gasteiger partial charge is 0.159 e. The summed E-state index contributed by atoms with van der Waals surface area (Å²) in [5.74, 6) is 7.75. The Bertz CT molecular complexity index is 1320. The normalized spacial score (nSPS) is 14.0. The Kier molecular flexibility index (Phi) is 7.59. The maximum Gasteiger partial charge on any atom is 0.159 e. The number of benzene rings is 2. The molecule has 2 aromatic carbocycles. The molecule has 3 heterocycles. The highest BCUT2D eigenvalue weighted by atomic mass is 16.5. The lowest BCUT2D eigenvalue weighted by Crippen LogP contribution is -2.38. The molecule has 0 aliphatic carbocycles. The first-order chi connectivity index (χ1) is 18.0. The molecule has 1 aliphatic rings. The molecule has 0 saturated carbocycles. The van der Waals surface area contributed by atoms with Crippen LogP contribution in [0.2, 0.25) is 0 Å². The topological polar surface area (TPSA) is 121 Å². The average Bonchev–Trinajstić information content (AvgIpc) is 3.36. The number of rotatable bonds is 9. The predicted molar refractivity (Wildman–Crippen MR) is 144 cm³/mol. The highest BCUT2D eigenvalue weighted by Gasteiger charge is 2.12. The highest BCUT2D eigenvalue weighted by Crippen LogP contribution is 2.29. The minimum Gasteiger partial charge on any atom is -0.489 e. The van der Waals surface area contributed by atoms with E-state index in [1.54, 1.807) is 22.1 Å². The van der Waals surface area contributed by atoms with Crippen molar-refractivity contribution in [1.29, 1.82) is 0 Å². The predicted octanol–water partition coefficient (Wildman–Crippen LogP) is 2.72. The van der Waals surface area contributed by atoms with E-state index in [1.165, 1.54) is 0 Å². The first-order valence-corrected chi connectivity index (χ1v) is 12.3. The second-order valence-corrected chi connectivity index (χ2v) is 9.05. The number of hydrazine groups is 1. The van der Waals surface area contributed by atoms with E-state index in [0.717, 1.165) is 60.8 Å². The molecule has 0 atom stereocenters. The van der Waals surface area contributed by atoms with Crippen LogP contribution in [-0.2, 0) is 18.3 Å². The second-order valence-electron chi connectivity index (χ2n) is 9.05. The molecule has 0 unspecified atom stereocenters. The van der Waals surface area contributed by atoms with Crippen molar-refractivity contribution >= 4 is 11.4 Å². The third-order valence-electron chi connectivity index (χ3n) is 6.32. The standard InChI is InChI=1S/C27H32N8O2/c1-33-19-23(15-32-33)21-5-6-25(28)26(14-21)35(29)18-20-3-2-4-22(13-20)27-30-16-24(17-31-27)37-12-9-34-7-10-36-11-8-34/h2-6,13-17,19H,7-12,18,28-29H2,1H3. The van der Waals surface area contributed by atoms with Crippen LogP contribution in [0.4, 0.5) is 11.4 Å². The van der Waals surface area contributed by atoms with Crippen molar-refractivity contribution in [1.82, 2.24) is 24.6 Å². The fraction of sp³-hybridized carbons (Fsp3) is 0.296. The molecule has 1 fully saturated rings. The molecule has 192 valence electrons. The van der Waals surface area contributed by atoms with Gasteiger partial charge in [-0.05, 0) is 29.3 Å². The molecule has 1 aliphatic heterocycles. The molecule has 0 amide bonds. The molecule has 1 saturated heterocycles. The van der Waals surface area contributed by atoms with Gasteiger partial charge in [-0.25, -0.2) is 15.8 Å². The Hall–Kier alpha value is -3.99. The number of hydrogen-bond acceptors (Lipinski definition) is 9. The Labute approximate surface area is 216 Å². The van der Waals surface area contributed by atoms with Crippen LogP contribution in [0.15, 0.2) is 67.3 Å². The van der Waals surface area contributed by atoms with Gasteiger partial charge in [-0.15, -0.1) is 0 Å². The zero-order chi connectivity index (χ0) is 25.6. The number of aryl methyl sites for hydroxylation is 1. The maximum atomic E-state index is 6.46. The summed E-state index contributed by atoms with van der Waals surface area (Å²) in [4.78, 5) is 11.4. The largest absolute Gasteiger partial charge is 0.489 e. The zero-order valence-electron chi connectivity index (χ0n) is 21.0. The monoisotopic (exact) mass is 500 g/mol. The fourth-order valence-corrected chi connectivity index (χ4v) is 4.29. The van der Waals surface area contributed by atoms with E-state index in [2.05, 4.69) is 20.0 Å². The van der Waals surface area contributed by atoms with Gasteiger partial charge in [0.25, 0.3) is 0 Å². The molecule has 10 heteroatoms. The van der Waals surface area contributed by atoms with Crippen LogP contribution in [0.1, 0.15) is 5.56 Å². The maximum absolute atomic E-state index is 6.46. The van der Waals surface area contributed by atoms with Crippen molar-refractivity contribution in [3.63, 3.8) is 0 Å². The minimum absolute atomic E-state index is 0.470. The number of nitrogens with two attached hydrogens (primary N) is 2. The third-order valence-corrected chi connectivity index (χ3v) is 6.32. The number of ether oxygens (including phenoxy) is 2. The van der Waals surface area contributed by atoms with Gasteiger partial charge in [-0.2, -0.15) is 5.10 Å². The number of nitrogens with zero attached hydrogens (tertiary/aromatic N) is 6. The van der Waals surface area contributed by atoms with Gasteiger partial charge in [-0.3, -0.25) is 9.58 Å². The first kappa shape index (κ1) is 24.7. The number of morpholine rings is 1. The Balaban J connectivity index is 1.22. The van der Waals surface area contributed by atoms with Crippen LogP contribution in [0.3, 0.4) is 0 Å². The van der Waals surface area contributed by atoms with E-state index in [-0.39, 0.29) is 0 Å². The van der Waals surface area contributed by atoms with E-state index in [1.807, 2.05) is 61.9 Å². The lowest BCUT2D eigenvalue weighted by atomic mass is 10.1. The van der Waals surface area contributed by atoms with Crippen molar-refractivity contribution in [3.8, 4) is 28.3 Å². The first-order valence-electron chi connectivity index (χ1n) is 12.3. The summed E-state index contributed by atoms with van der Waals surface area (Å²) >= 11 is 0. The number of nitrogen functional groups attached to an aromatic ring is 1. The lowest BCUT2D eigenvalue weighted by Gasteiger charge is -2.26. The second kappa shape index (κ2) is 11.4. The summed E-state index contributed by atoms with van der Waals surface area (Å²) in [6.45, 7) is 5.37. The van der Waals surface area contributed by atoms with E-state index in [0.29, 0.717) is 30.4 Å². The van der Waals surface area contributed by atoms with Crippen LogP contribution in [-0.4, -0.2) is 64.1 Å². The fourth-order valence-electron chi connectivity index (χ4n) is 4.29. The van der Waals surface area contributed by atoms with Crippen molar-refractivity contribution in [3.05, 3.63) is 72.8 Å². The van der Waals surface area contributed by atoms with Crippen LogP contribution in [0.25, 0.3) is 22.5 Å². The van der Waals surface area contributed by atoms with Gasteiger partial charge in [-0.1, -0.05) is 24.3 Å². The third kappa shape index (κ3) is 6.23. The molecule has 10 nitrogen and oxygen atoms in total. The van der Waals surface area contributed by atoms with E-state index < -0.39 is 0 Å². The van der Waals surface area contributed by atoms with E-state index >= 15 is 0 Å². The van der Waals surface area contributed by atoms with Crippen molar-refractivity contribution in [2.45, 2.75) is 6.54 Å². The summed E-state index contributed by atoms with van der Waals surface area (Å²) in [5.41, 5.74) is 11.5. The van der Waals surface area contributed by atoms with Crippen molar-refractivity contribution < 1.29 is 9.47 Å². The summed E-state index contributed by atoms with van der Waals surface area (Å²) in [5, 5.41) is 5.90. The molecule has 4 aromatic rings. The molecule has 0 bridgehead atoms. The number of hydrogen-bond donors (Lipinski definition) is 2. The van der Waals surface area contributed by atoms with Gasteiger partial charge < -0.3 is 20.2 Å². The van der Waals surface area contributed by atoms with Gasteiger partial charge in [0.05, 0.1) is 49.7 Å². The Morgan fingerprint density at radius 3 is 2.57 bits per heavy atom. The van der Waals surface area contributed by atoms with Crippen LogP contribution >= 0.6 is 0 Å². The van der Waals surface area contributed by atoms with Gasteiger partial charge >= 0.3 is 0 Å². The minimum atomic E-state index is 0.470. The van der Waals surface area contributed by atoms with E-state index in [9.17, 15) is 0 Å². The van der Waals surface area contributed by atoms with Crippen LogP contribution < -0.4 is 21.3 Å². The quantitative estimate of drug-likeness (QED) is 0.203. The van der Waals surface area contributed by atoms with Crippen molar-refractivity contribution in [2.24, 2.45) is 12.9 Å². The molecule has 4 N–H and O–H groups in total. The highest BCUT2D eigenvalue weighted by molar-refractivity contribution is 5.76. The van der Waals surface area contributed by atoms with Crippen LogP contribution in [0, 0.1) is 0 Å². The summed E-state index contributed by atoms with van der Waals surface area (Å²) < 4.78 is 13.0. The summed E-state index contributed by atoms with van der Waals surface area (Å²) in [6, 6.07) is 13.8. The Morgan fingerprint density at radius 1 is 1.00 bits per heavy atom. The van der Waals surface area contributed by atoms with Gasteiger partial charge in [0, 0.05) is 44.0 Å². The number of aromatic nitrogens is 4. The Morgan fingerprint density at radius 2 is 1.81 bits per heavy atom. The van der Waals surface area contributed by atoms with Crippen molar-refractivity contribution in [2.75, 3.05) is 50.2 Å². The molecule has 5 rings (SSSR count). The van der Waals surface area contributed by atoms with E-state index in [4.69, 9.17) is 21.1 Å². The molecular formula is C27H32N8O2. The molecule has 0 radical (unpaired) electrons. The van der Waals surface area contributed by atoms with Gasteiger partial charge in [0.2, 0.25) is 0 Å². The molecule has 37 heavy (non-hydrogen) atoms. The molecular weight excluding hydrogens is 468 g/mol. The number of anilines is 2. The molecule has 2 aromatic heterocycles. The zero-order valence-corrected chi connectivity index (χ0v) is 21.0.